The van der Waals surface area contributed by atoms with E-state index in [2.05, 4.69) is 10.3 Å². The lowest BCUT2D eigenvalue weighted by molar-refractivity contribution is -0.129. The van der Waals surface area contributed by atoms with Gasteiger partial charge in [0.15, 0.2) is 5.13 Å². The molecule has 1 aliphatic heterocycles. The standard InChI is InChI=1S/C12H17N3O2S/c1-7(2)15-6-9(4-10(15)16)11(17)14-12-13-5-8(3)18-12/h5,7,9H,4,6H2,1-3H3,(H,13,14,17)/t9-/m1/s1. The number of amides is 2. The Morgan fingerprint density at radius 1 is 1.61 bits per heavy atom. The summed E-state index contributed by atoms with van der Waals surface area (Å²) in [5.74, 6) is -0.314. The Morgan fingerprint density at radius 3 is 2.83 bits per heavy atom. The van der Waals surface area contributed by atoms with E-state index in [1.807, 2.05) is 20.8 Å². The fourth-order valence-electron chi connectivity index (χ4n) is 2.03. The predicted octanol–water partition coefficient (Wildman–Crippen LogP) is 1.65. The van der Waals surface area contributed by atoms with E-state index < -0.39 is 0 Å². The van der Waals surface area contributed by atoms with E-state index in [9.17, 15) is 9.59 Å². The second-order valence-corrected chi connectivity index (χ2v) is 6.04. The van der Waals surface area contributed by atoms with E-state index in [4.69, 9.17) is 0 Å². The molecule has 1 atom stereocenters. The molecule has 0 saturated carbocycles. The van der Waals surface area contributed by atoms with Crippen LogP contribution in [0.5, 0.6) is 0 Å². The van der Waals surface area contributed by atoms with Crippen LogP contribution in [0.25, 0.3) is 0 Å². The minimum Gasteiger partial charge on any atom is -0.339 e. The molecule has 2 amide bonds. The van der Waals surface area contributed by atoms with Crippen molar-refractivity contribution in [1.29, 1.82) is 0 Å². The monoisotopic (exact) mass is 267 g/mol. The number of carbonyl (C=O) groups excluding carboxylic acids is 2. The van der Waals surface area contributed by atoms with Crippen molar-refractivity contribution < 1.29 is 9.59 Å². The van der Waals surface area contributed by atoms with Gasteiger partial charge in [0, 0.05) is 30.1 Å². The molecule has 2 rings (SSSR count). The van der Waals surface area contributed by atoms with Crippen molar-refractivity contribution in [2.75, 3.05) is 11.9 Å². The van der Waals surface area contributed by atoms with Gasteiger partial charge in [-0.1, -0.05) is 0 Å². The van der Waals surface area contributed by atoms with E-state index in [1.54, 1.807) is 11.1 Å². The molecule has 1 aromatic heterocycles. The van der Waals surface area contributed by atoms with Crippen LogP contribution in [-0.4, -0.2) is 34.3 Å². The molecule has 0 unspecified atom stereocenters. The Labute approximate surface area is 110 Å². The molecule has 18 heavy (non-hydrogen) atoms. The fourth-order valence-corrected chi connectivity index (χ4v) is 2.69. The molecule has 1 aromatic rings. The number of hydrogen-bond acceptors (Lipinski definition) is 4. The maximum atomic E-state index is 12.0. The Bertz CT molecular complexity index is 470. The zero-order chi connectivity index (χ0) is 13.3. The highest BCUT2D eigenvalue weighted by molar-refractivity contribution is 7.15. The zero-order valence-electron chi connectivity index (χ0n) is 10.8. The van der Waals surface area contributed by atoms with Gasteiger partial charge in [0.1, 0.15) is 0 Å². The number of anilines is 1. The molecule has 0 aliphatic carbocycles. The topological polar surface area (TPSA) is 62.3 Å². The summed E-state index contributed by atoms with van der Waals surface area (Å²) in [6.07, 6.45) is 2.02. The molecular formula is C12H17N3O2S. The zero-order valence-corrected chi connectivity index (χ0v) is 11.6. The van der Waals surface area contributed by atoms with Crippen LogP contribution in [0.4, 0.5) is 5.13 Å². The van der Waals surface area contributed by atoms with Gasteiger partial charge in [0.2, 0.25) is 11.8 Å². The molecule has 5 nitrogen and oxygen atoms in total. The van der Waals surface area contributed by atoms with Crippen LogP contribution >= 0.6 is 11.3 Å². The molecule has 1 aliphatic rings. The van der Waals surface area contributed by atoms with Crippen LogP contribution in [0, 0.1) is 12.8 Å². The third kappa shape index (κ3) is 2.69. The number of aromatic nitrogens is 1. The largest absolute Gasteiger partial charge is 0.339 e. The first-order chi connectivity index (χ1) is 8.47. The highest BCUT2D eigenvalue weighted by Crippen LogP contribution is 2.23. The lowest BCUT2D eigenvalue weighted by Crippen LogP contribution is -2.33. The quantitative estimate of drug-likeness (QED) is 0.905. The fraction of sp³-hybridized carbons (Fsp3) is 0.583. The molecular weight excluding hydrogens is 250 g/mol. The van der Waals surface area contributed by atoms with E-state index >= 15 is 0 Å². The van der Waals surface area contributed by atoms with E-state index in [-0.39, 0.29) is 23.8 Å². The third-order valence-electron chi connectivity index (χ3n) is 3.00. The maximum Gasteiger partial charge on any atom is 0.231 e. The van der Waals surface area contributed by atoms with Crippen molar-refractivity contribution in [2.24, 2.45) is 5.92 Å². The third-order valence-corrected chi connectivity index (χ3v) is 3.83. The Kier molecular flexibility index (Phi) is 3.65. The number of rotatable bonds is 3. The Morgan fingerprint density at radius 2 is 2.33 bits per heavy atom. The summed E-state index contributed by atoms with van der Waals surface area (Å²) in [4.78, 5) is 30.6. The highest BCUT2D eigenvalue weighted by Gasteiger charge is 2.35. The minimum absolute atomic E-state index is 0.0560. The van der Waals surface area contributed by atoms with Gasteiger partial charge in [-0.05, 0) is 20.8 Å². The number of likely N-dealkylation sites (tertiary alicyclic amines) is 1. The average molecular weight is 267 g/mol. The molecule has 1 N–H and O–H groups in total. The molecule has 98 valence electrons. The second kappa shape index (κ2) is 5.06. The van der Waals surface area contributed by atoms with E-state index in [0.717, 1.165) is 4.88 Å². The van der Waals surface area contributed by atoms with Gasteiger partial charge in [-0.25, -0.2) is 4.98 Å². The molecule has 2 heterocycles. The highest BCUT2D eigenvalue weighted by atomic mass is 32.1. The van der Waals surface area contributed by atoms with Crippen molar-refractivity contribution in [1.82, 2.24) is 9.88 Å². The van der Waals surface area contributed by atoms with Gasteiger partial charge in [0.05, 0.1) is 5.92 Å². The first-order valence-corrected chi connectivity index (χ1v) is 6.81. The van der Waals surface area contributed by atoms with Gasteiger partial charge >= 0.3 is 0 Å². The molecule has 0 spiro atoms. The number of nitrogens with one attached hydrogen (secondary N) is 1. The number of aryl methyl sites for hydroxylation is 1. The van der Waals surface area contributed by atoms with Crippen LogP contribution in [-0.2, 0) is 9.59 Å². The van der Waals surface area contributed by atoms with Crippen LogP contribution in [0.3, 0.4) is 0 Å². The van der Waals surface area contributed by atoms with Gasteiger partial charge in [-0.3, -0.25) is 9.59 Å². The first-order valence-electron chi connectivity index (χ1n) is 6.00. The van der Waals surface area contributed by atoms with Gasteiger partial charge in [0.25, 0.3) is 0 Å². The van der Waals surface area contributed by atoms with Crippen LogP contribution in [0.2, 0.25) is 0 Å². The normalized spacial score (nSPS) is 19.7. The first kappa shape index (κ1) is 13.0. The summed E-state index contributed by atoms with van der Waals surface area (Å²) < 4.78 is 0. The van der Waals surface area contributed by atoms with Crippen molar-refractivity contribution in [2.45, 2.75) is 33.2 Å². The maximum absolute atomic E-state index is 12.0. The molecule has 0 bridgehead atoms. The number of nitrogens with zero attached hydrogens (tertiary/aromatic N) is 2. The van der Waals surface area contributed by atoms with Crippen molar-refractivity contribution >= 4 is 28.3 Å². The van der Waals surface area contributed by atoms with E-state index in [1.165, 1.54) is 11.3 Å². The molecule has 6 heteroatoms. The smallest absolute Gasteiger partial charge is 0.231 e. The Hall–Kier alpha value is -1.43. The minimum atomic E-state index is -0.260. The number of thiazole rings is 1. The summed E-state index contributed by atoms with van der Waals surface area (Å²) in [5, 5.41) is 3.38. The lowest BCUT2D eigenvalue weighted by Gasteiger charge is -2.20. The predicted molar refractivity (Wildman–Crippen MR) is 70.4 cm³/mol. The molecule has 0 aromatic carbocycles. The van der Waals surface area contributed by atoms with Gasteiger partial charge in [-0.2, -0.15) is 0 Å². The summed E-state index contributed by atoms with van der Waals surface area (Å²) >= 11 is 1.44. The molecule has 0 radical (unpaired) electrons. The second-order valence-electron chi connectivity index (χ2n) is 4.81. The van der Waals surface area contributed by atoms with Crippen molar-refractivity contribution in [3.8, 4) is 0 Å². The summed E-state index contributed by atoms with van der Waals surface area (Å²) in [6.45, 7) is 6.37. The molecule has 1 fully saturated rings. The Balaban J connectivity index is 1.97. The van der Waals surface area contributed by atoms with Gasteiger partial charge in [-0.15, -0.1) is 11.3 Å². The van der Waals surface area contributed by atoms with E-state index in [0.29, 0.717) is 18.1 Å². The van der Waals surface area contributed by atoms with Gasteiger partial charge < -0.3 is 10.2 Å². The number of hydrogen-bond donors (Lipinski definition) is 1. The van der Waals surface area contributed by atoms with Crippen LogP contribution < -0.4 is 5.32 Å². The average Bonchev–Trinajstić information content (AvgIpc) is 2.85. The van der Waals surface area contributed by atoms with Crippen LogP contribution in [0.15, 0.2) is 6.20 Å². The van der Waals surface area contributed by atoms with Crippen molar-refractivity contribution in [3.05, 3.63) is 11.1 Å². The SMILES string of the molecule is Cc1cnc(NC(=O)[C@@H]2CC(=O)N(C(C)C)C2)s1. The summed E-state index contributed by atoms with van der Waals surface area (Å²) in [5.41, 5.74) is 0. The van der Waals surface area contributed by atoms with Crippen LogP contribution in [0.1, 0.15) is 25.1 Å². The molecule has 1 saturated heterocycles. The summed E-state index contributed by atoms with van der Waals surface area (Å²) in [6, 6.07) is 0.150. The summed E-state index contributed by atoms with van der Waals surface area (Å²) in [7, 11) is 0. The lowest BCUT2D eigenvalue weighted by atomic mass is 10.1. The van der Waals surface area contributed by atoms with Crippen molar-refractivity contribution in [3.63, 3.8) is 0 Å². The number of carbonyl (C=O) groups is 2.